The van der Waals surface area contributed by atoms with Crippen LogP contribution in [0, 0.1) is 11.8 Å². The first-order valence-electron chi connectivity index (χ1n) is 7.60. The molecule has 6 heteroatoms. The van der Waals surface area contributed by atoms with Crippen LogP contribution in [0.2, 0.25) is 0 Å². The Bertz CT molecular complexity index is 635. The Morgan fingerprint density at radius 1 is 1.43 bits per heavy atom. The second-order valence-electron chi connectivity index (χ2n) is 5.94. The molecule has 2 rings (SSSR count). The molecule has 1 amide bonds. The summed E-state index contributed by atoms with van der Waals surface area (Å²) in [6, 6.07) is 1.49. The van der Waals surface area contributed by atoms with Crippen LogP contribution in [-0.4, -0.2) is 39.0 Å². The number of nitrogens with zero attached hydrogens (tertiary/aromatic N) is 1. The largest absolute Gasteiger partial charge is 0.505 e. The summed E-state index contributed by atoms with van der Waals surface area (Å²) in [4.78, 5) is 15.8. The number of allylic oxidation sites excluding steroid dienone is 4. The number of hydrogen-bond donors (Lipinski definition) is 4. The van der Waals surface area contributed by atoms with Crippen LogP contribution in [0.4, 0.5) is 0 Å². The molecular weight excluding hydrogens is 296 g/mol. The maximum absolute atomic E-state index is 11.8. The lowest BCUT2D eigenvalue weighted by atomic mass is 9.86. The van der Waals surface area contributed by atoms with Crippen molar-refractivity contribution in [1.29, 1.82) is 0 Å². The lowest BCUT2D eigenvalue weighted by Gasteiger charge is -2.19. The number of nitrogens with one attached hydrogen (secondary N) is 1. The van der Waals surface area contributed by atoms with Gasteiger partial charge in [0.05, 0.1) is 6.54 Å². The molecule has 0 aliphatic heterocycles. The van der Waals surface area contributed by atoms with E-state index >= 15 is 0 Å². The average Bonchev–Trinajstić information content (AvgIpc) is 2.52. The molecule has 1 aliphatic rings. The van der Waals surface area contributed by atoms with E-state index in [9.17, 15) is 9.90 Å². The zero-order chi connectivity index (χ0) is 17.0. The van der Waals surface area contributed by atoms with E-state index in [0.717, 1.165) is 17.6 Å². The third kappa shape index (κ3) is 4.40. The fraction of sp³-hybridized carbons (Fsp3) is 0.412. The summed E-state index contributed by atoms with van der Waals surface area (Å²) in [5, 5.41) is 29.7. The molecule has 0 spiro atoms. The van der Waals surface area contributed by atoms with Crippen LogP contribution >= 0.6 is 0 Å². The summed E-state index contributed by atoms with van der Waals surface area (Å²) in [6.07, 6.45) is 7.07. The number of carbonyl (C=O) groups is 1. The summed E-state index contributed by atoms with van der Waals surface area (Å²) in [6.45, 7) is 4.03. The second kappa shape index (κ2) is 7.39. The lowest BCUT2D eigenvalue weighted by Crippen LogP contribution is -2.32. The van der Waals surface area contributed by atoms with E-state index in [4.69, 9.17) is 10.2 Å². The summed E-state index contributed by atoms with van der Waals surface area (Å²) in [7, 11) is 0. The van der Waals surface area contributed by atoms with E-state index in [2.05, 4.69) is 36.3 Å². The monoisotopic (exact) mass is 318 g/mol. The standard InChI is InChI=1S/C17H22N2O4/c1-10(2)11-3-5-12(6-4-11)13-7-14(20)16(18-8-13)17(23)19-9-15(21)22/h3,5-8,10-11,15,20-22H,4,9H2,1-2H3,(H,19,23). The van der Waals surface area contributed by atoms with Gasteiger partial charge in [0.15, 0.2) is 12.0 Å². The highest BCUT2D eigenvalue weighted by atomic mass is 16.5. The fourth-order valence-electron chi connectivity index (χ4n) is 2.40. The van der Waals surface area contributed by atoms with Crippen molar-refractivity contribution in [3.8, 4) is 5.75 Å². The van der Waals surface area contributed by atoms with Crippen molar-refractivity contribution >= 4 is 11.5 Å². The SMILES string of the molecule is CC(C)C1C=CC(c2cnc(C(=O)NCC(O)O)c(O)c2)=CC1. The van der Waals surface area contributed by atoms with Gasteiger partial charge in [0, 0.05) is 11.8 Å². The Kier molecular flexibility index (Phi) is 5.52. The molecule has 0 radical (unpaired) electrons. The highest BCUT2D eigenvalue weighted by Crippen LogP contribution is 2.29. The number of aromatic nitrogens is 1. The zero-order valence-corrected chi connectivity index (χ0v) is 13.2. The van der Waals surface area contributed by atoms with Crippen LogP contribution in [0.1, 0.15) is 36.3 Å². The molecule has 0 saturated heterocycles. The van der Waals surface area contributed by atoms with Gasteiger partial charge >= 0.3 is 0 Å². The van der Waals surface area contributed by atoms with Gasteiger partial charge in [-0.1, -0.05) is 32.1 Å². The smallest absolute Gasteiger partial charge is 0.273 e. The molecule has 124 valence electrons. The van der Waals surface area contributed by atoms with Crippen molar-refractivity contribution in [2.45, 2.75) is 26.6 Å². The van der Waals surface area contributed by atoms with Gasteiger partial charge in [0.25, 0.3) is 5.91 Å². The third-order valence-corrected chi connectivity index (χ3v) is 3.85. The minimum absolute atomic E-state index is 0.144. The molecule has 1 unspecified atom stereocenters. The summed E-state index contributed by atoms with van der Waals surface area (Å²) >= 11 is 0. The van der Waals surface area contributed by atoms with E-state index < -0.39 is 12.2 Å². The van der Waals surface area contributed by atoms with E-state index in [-0.39, 0.29) is 18.0 Å². The number of aromatic hydroxyl groups is 1. The van der Waals surface area contributed by atoms with Gasteiger partial charge < -0.3 is 20.6 Å². The molecule has 0 saturated carbocycles. The number of amides is 1. The Hall–Kier alpha value is -2.18. The van der Waals surface area contributed by atoms with Gasteiger partial charge in [0.2, 0.25) is 0 Å². The highest BCUT2D eigenvalue weighted by molar-refractivity contribution is 5.95. The molecule has 1 aromatic rings. The van der Waals surface area contributed by atoms with Crippen LogP contribution < -0.4 is 5.32 Å². The molecule has 23 heavy (non-hydrogen) atoms. The van der Waals surface area contributed by atoms with Gasteiger partial charge in [0.1, 0.15) is 5.75 Å². The minimum atomic E-state index is -1.65. The maximum Gasteiger partial charge on any atom is 0.273 e. The van der Waals surface area contributed by atoms with Crippen LogP contribution in [0.5, 0.6) is 5.75 Å². The lowest BCUT2D eigenvalue weighted by molar-refractivity contribution is -0.0361. The van der Waals surface area contributed by atoms with Gasteiger partial charge in [-0.15, -0.1) is 0 Å². The van der Waals surface area contributed by atoms with Crippen LogP contribution in [0.15, 0.2) is 30.5 Å². The maximum atomic E-state index is 11.8. The van der Waals surface area contributed by atoms with Crippen molar-refractivity contribution in [3.63, 3.8) is 0 Å². The van der Waals surface area contributed by atoms with Gasteiger partial charge in [-0.2, -0.15) is 0 Å². The molecule has 4 N–H and O–H groups in total. The van der Waals surface area contributed by atoms with Crippen LogP contribution in [0.25, 0.3) is 5.57 Å². The second-order valence-corrected chi connectivity index (χ2v) is 5.94. The van der Waals surface area contributed by atoms with E-state index in [0.29, 0.717) is 11.8 Å². The summed E-state index contributed by atoms with van der Waals surface area (Å²) in [5.74, 6) is 0.182. The molecule has 0 fully saturated rings. The molecule has 1 aromatic heterocycles. The van der Waals surface area contributed by atoms with Crippen molar-refractivity contribution in [2.24, 2.45) is 11.8 Å². The van der Waals surface area contributed by atoms with Crippen molar-refractivity contribution in [3.05, 3.63) is 41.7 Å². The number of pyridine rings is 1. The fourth-order valence-corrected chi connectivity index (χ4v) is 2.40. The van der Waals surface area contributed by atoms with E-state index in [1.807, 2.05) is 6.08 Å². The Morgan fingerprint density at radius 3 is 2.70 bits per heavy atom. The predicted molar refractivity (Wildman–Crippen MR) is 86.5 cm³/mol. The van der Waals surface area contributed by atoms with E-state index in [1.54, 1.807) is 0 Å². The van der Waals surface area contributed by atoms with E-state index in [1.165, 1.54) is 12.3 Å². The first kappa shape index (κ1) is 17.2. The Balaban J connectivity index is 2.11. The van der Waals surface area contributed by atoms with Crippen molar-refractivity contribution < 1.29 is 20.1 Å². The average molecular weight is 318 g/mol. The molecule has 1 aliphatic carbocycles. The number of carbonyl (C=O) groups excluding carboxylic acids is 1. The molecule has 0 bridgehead atoms. The number of rotatable bonds is 5. The van der Waals surface area contributed by atoms with Gasteiger partial charge in [-0.3, -0.25) is 4.79 Å². The normalized spacial score (nSPS) is 17.5. The Labute approximate surface area is 135 Å². The van der Waals surface area contributed by atoms with Crippen LogP contribution in [0.3, 0.4) is 0 Å². The first-order chi connectivity index (χ1) is 10.9. The molecule has 1 atom stereocenters. The number of aliphatic hydroxyl groups is 2. The zero-order valence-electron chi connectivity index (χ0n) is 13.2. The molecule has 1 heterocycles. The minimum Gasteiger partial charge on any atom is -0.505 e. The van der Waals surface area contributed by atoms with Crippen molar-refractivity contribution in [1.82, 2.24) is 10.3 Å². The molecule has 6 nitrogen and oxygen atoms in total. The molecular formula is C17H22N2O4. The Morgan fingerprint density at radius 2 is 2.17 bits per heavy atom. The highest BCUT2D eigenvalue weighted by Gasteiger charge is 2.17. The third-order valence-electron chi connectivity index (χ3n) is 3.85. The van der Waals surface area contributed by atoms with Gasteiger partial charge in [-0.05, 0) is 29.9 Å². The van der Waals surface area contributed by atoms with Crippen molar-refractivity contribution in [2.75, 3.05) is 6.54 Å². The summed E-state index contributed by atoms with van der Waals surface area (Å²) < 4.78 is 0. The van der Waals surface area contributed by atoms with Crippen LogP contribution in [-0.2, 0) is 0 Å². The first-order valence-corrected chi connectivity index (χ1v) is 7.60. The van der Waals surface area contributed by atoms with Gasteiger partial charge in [-0.25, -0.2) is 4.98 Å². The number of hydrogen-bond acceptors (Lipinski definition) is 5. The quantitative estimate of drug-likeness (QED) is 0.615. The number of aliphatic hydroxyl groups excluding tert-OH is 1. The summed E-state index contributed by atoms with van der Waals surface area (Å²) in [5.41, 5.74) is 1.55. The predicted octanol–water partition coefficient (Wildman–Crippen LogP) is 1.44. The topological polar surface area (TPSA) is 103 Å². The molecule has 0 aromatic carbocycles.